The van der Waals surface area contributed by atoms with E-state index in [1.807, 2.05) is 30.3 Å². The summed E-state index contributed by atoms with van der Waals surface area (Å²) < 4.78 is 0. The van der Waals surface area contributed by atoms with Crippen LogP contribution in [0.4, 0.5) is 10.5 Å². The van der Waals surface area contributed by atoms with Gasteiger partial charge in [0.25, 0.3) is 0 Å². The van der Waals surface area contributed by atoms with Crippen LogP contribution in [0.2, 0.25) is 0 Å². The van der Waals surface area contributed by atoms with Crippen LogP contribution in [-0.2, 0) is 4.79 Å². The quantitative estimate of drug-likeness (QED) is 0.830. The summed E-state index contributed by atoms with van der Waals surface area (Å²) >= 11 is 0. The Kier molecular flexibility index (Phi) is 5.16. The lowest BCUT2D eigenvalue weighted by Gasteiger charge is -2.32. The molecule has 114 valence electrons. The smallest absolute Gasteiger partial charge is 0.321 e. The van der Waals surface area contributed by atoms with Gasteiger partial charge in [-0.05, 0) is 25.0 Å². The van der Waals surface area contributed by atoms with Gasteiger partial charge >= 0.3 is 6.03 Å². The van der Waals surface area contributed by atoms with Crippen LogP contribution >= 0.6 is 0 Å². The molecule has 1 aliphatic heterocycles. The Morgan fingerprint density at radius 2 is 1.95 bits per heavy atom. The second-order valence-corrected chi connectivity index (χ2v) is 5.45. The largest absolute Gasteiger partial charge is 0.324 e. The van der Waals surface area contributed by atoms with Crippen molar-refractivity contribution < 1.29 is 9.59 Å². The SMILES string of the molecule is CN(C)NC(=O)[C@@H]1CCCN(C(=O)Nc2ccccc2)C1. The summed E-state index contributed by atoms with van der Waals surface area (Å²) in [5.41, 5.74) is 3.52. The van der Waals surface area contributed by atoms with Crippen molar-refractivity contribution in [2.45, 2.75) is 12.8 Å². The van der Waals surface area contributed by atoms with Crippen LogP contribution in [0, 0.1) is 5.92 Å². The van der Waals surface area contributed by atoms with Gasteiger partial charge in [0.1, 0.15) is 0 Å². The molecule has 1 saturated heterocycles. The molecule has 2 rings (SSSR count). The summed E-state index contributed by atoms with van der Waals surface area (Å²) in [7, 11) is 3.56. The first-order valence-electron chi connectivity index (χ1n) is 7.15. The number of hydrogen-bond donors (Lipinski definition) is 2. The van der Waals surface area contributed by atoms with E-state index in [4.69, 9.17) is 0 Å². The molecular weight excluding hydrogens is 268 g/mol. The normalized spacial score (nSPS) is 18.4. The number of anilines is 1. The standard InChI is InChI=1S/C15H22N4O2/c1-18(2)17-14(20)12-7-6-10-19(11-12)15(21)16-13-8-4-3-5-9-13/h3-5,8-9,12H,6-7,10-11H2,1-2H3,(H,16,21)(H,17,20)/t12-/m1/s1. The highest BCUT2D eigenvalue weighted by molar-refractivity contribution is 5.90. The van der Waals surface area contributed by atoms with E-state index in [9.17, 15) is 9.59 Å². The second kappa shape index (κ2) is 7.08. The highest BCUT2D eigenvalue weighted by Crippen LogP contribution is 2.18. The van der Waals surface area contributed by atoms with Gasteiger partial charge in [0.05, 0.1) is 5.92 Å². The van der Waals surface area contributed by atoms with Crippen molar-refractivity contribution in [3.63, 3.8) is 0 Å². The van der Waals surface area contributed by atoms with Crippen molar-refractivity contribution in [2.75, 3.05) is 32.5 Å². The molecule has 1 aliphatic rings. The fourth-order valence-electron chi connectivity index (χ4n) is 2.41. The molecule has 3 amide bonds. The number of rotatable bonds is 3. The first-order chi connectivity index (χ1) is 10.1. The fraction of sp³-hybridized carbons (Fsp3) is 0.467. The monoisotopic (exact) mass is 290 g/mol. The number of para-hydroxylation sites is 1. The highest BCUT2D eigenvalue weighted by Gasteiger charge is 2.28. The van der Waals surface area contributed by atoms with Crippen LogP contribution in [0.1, 0.15) is 12.8 Å². The summed E-state index contributed by atoms with van der Waals surface area (Å²) in [6, 6.07) is 9.19. The zero-order valence-electron chi connectivity index (χ0n) is 12.5. The van der Waals surface area contributed by atoms with Gasteiger partial charge < -0.3 is 10.2 Å². The molecule has 1 fully saturated rings. The molecule has 21 heavy (non-hydrogen) atoms. The van der Waals surface area contributed by atoms with Crippen LogP contribution < -0.4 is 10.7 Å². The first-order valence-corrected chi connectivity index (χ1v) is 7.15. The molecule has 0 spiro atoms. The van der Waals surface area contributed by atoms with Crippen molar-refractivity contribution in [1.82, 2.24) is 15.3 Å². The average molecular weight is 290 g/mol. The van der Waals surface area contributed by atoms with E-state index in [0.29, 0.717) is 13.1 Å². The predicted molar refractivity (Wildman–Crippen MR) is 81.6 cm³/mol. The highest BCUT2D eigenvalue weighted by atomic mass is 16.2. The lowest BCUT2D eigenvalue weighted by atomic mass is 9.97. The molecule has 0 bridgehead atoms. The Labute approximate surface area is 125 Å². The number of carbonyl (C=O) groups excluding carboxylic acids is 2. The van der Waals surface area contributed by atoms with Crippen LogP contribution in [0.5, 0.6) is 0 Å². The van der Waals surface area contributed by atoms with Gasteiger partial charge in [-0.3, -0.25) is 10.2 Å². The Bertz CT molecular complexity index is 490. The van der Waals surface area contributed by atoms with Gasteiger partial charge in [0, 0.05) is 32.9 Å². The first kappa shape index (κ1) is 15.3. The summed E-state index contributed by atoms with van der Waals surface area (Å²) in [5, 5.41) is 4.49. The summed E-state index contributed by atoms with van der Waals surface area (Å²) in [6.45, 7) is 1.14. The van der Waals surface area contributed by atoms with Crippen molar-refractivity contribution in [2.24, 2.45) is 5.92 Å². The molecule has 1 aromatic carbocycles. The zero-order valence-corrected chi connectivity index (χ0v) is 12.5. The molecule has 1 aromatic rings. The molecule has 2 N–H and O–H groups in total. The maximum Gasteiger partial charge on any atom is 0.321 e. The topological polar surface area (TPSA) is 64.7 Å². The van der Waals surface area contributed by atoms with Crippen LogP contribution in [0.15, 0.2) is 30.3 Å². The Hall–Kier alpha value is -2.08. The number of hydrazine groups is 1. The minimum Gasteiger partial charge on any atom is -0.324 e. The van der Waals surface area contributed by atoms with E-state index < -0.39 is 0 Å². The Balaban J connectivity index is 1.91. The second-order valence-electron chi connectivity index (χ2n) is 5.45. The molecule has 0 aliphatic carbocycles. The Morgan fingerprint density at radius 3 is 2.62 bits per heavy atom. The number of carbonyl (C=O) groups is 2. The summed E-state index contributed by atoms with van der Waals surface area (Å²) in [6.07, 6.45) is 1.66. The van der Waals surface area contributed by atoms with Gasteiger partial charge in [-0.25, -0.2) is 9.80 Å². The Morgan fingerprint density at radius 1 is 1.24 bits per heavy atom. The fourth-order valence-corrected chi connectivity index (χ4v) is 2.41. The number of hydrogen-bond acceptors (Lipinski definition) is 3. The predicted octanol–water partition coefficient (Wildman–Crippen LogP) is 1.52. The molecule has 1 atom stereocenters. The number of nitrogens with zero attached hydrogens (tertiary/aromatic N) is 2. The van der Waals surface area contributed by atoms with E-state index in [1.165, 1.54) is 0 Å². The third kappa shape index (κ3) is 4.46. The summed E-state index contributed by atoms with van der Waals surface area (Å²) in [5.74, 6) is -0.181. The van der Waals surface area contributed by atoms with Crippen LogP contribution in [-0.4, -0.2) is 49.0 Å². The van der Waals surface area contributed by atoms with Gasteiger partial charge in [-0.15, -0.1) is 0 Å². The van der Waals surface area contributed by atoms with Crippen LogP contribution in [0.25, 0.3) is 0 Å². The molecule has 0 radical (unpaired) electrons. The number of urea groups is 1. The van der Waals surface area contributed by atoms with Gasteiger partial charge in [-0.2, -0.15) is 0 Å². The number of amides is 3. The van der Waals surface area contributed by atoms with Gasteiger partial charge in [-0.1, -0.05) is 18.2 Å². The number of nitrogens with one attached hydrogen (secondary N) is 2. The minimum absolute atomic E-state index is 0.0304. The molecule has 0 saturated carbocycles. The van der Waals surface area contributed by atoms with Crippen molar-refractivity contribution in [3.8, 4) is 0 Å². The van der Waals surface area contributed by atoms with E-state index in [-0.39, 0.29) is 17.9 Å². The number of piperidine rings is 1. The van der Waals surface area contributed by atoms with Gasteiger partial charge in [0.2, 0.25) is 5.91 Å². The van der Waals surface area contributed by atoms with E-state index in [0.717, 1.165) is 18.5 Å². The van der Waals surface area contributed by atoms with E-state index in [1.54, 1.807) is 24.0 Å². The van der Waals surface area contributed by atoms with Crippen molar-refractivity contribution >= 4 is 17.6 Å². The lowest BCUT2D eigenvalue weighted by Crippen LogP contribution is -2.49. The van der Waals surface area contributed by atoms with Crippen molar-refractivity contribution in [3.05, 3.63) is 30.3 Å². The molecule has 6 nitrogen and oxygen atoms in total. The van der Waals surface area contributed by atoms with E-state index in [2.05, 4.69) is 10.7 Å². The molecule has 0 aromatic heterocycles. The molecule has 1 heterocycles. The van der Waals surface area contributed by atoms with E-state index >= 15 is 0 Å². The van der Waals surface area contributed by atoms with Gasteiger partial charge in [0.15, 0.2) is 0 Å². The minimum atomic E-state index is -0.150. The third-order valence-corrected chi connectivity index (χ3v) is 3.44. The average Bonchev–Trinajstić information content (AvgIpc) is 2.47. The molecular formula is C15H22N4O2. The number of benzene rings is 1. The lowest BCUT2D eigenvalue weighted by molar-refractivity contribution is -0.130. The van der Waals surface area contributed by atoms with Crippen LogP contribution in [0.3, 0.4) is 0 Å². The molecule has 6 heteroatoms. The molecule has 0 unspecified atom stereocenters. The zero-order chi connectivity index (χ0) is 15.2. The maximum atomic E-state index is 12.2. The number of likely N-dealkylation sites (tertiary alicyclic amines) is 1. The third-order valence-electron chi connectivity index (χ3n) is 3.44. The maximum absolute atomic E-state index is 12.2. The van der Waals surface area contributed by atoms with Crippen molar-refractivity contribution in [1.29, 1.82) is 0 Å². The summed E-state index contributed by atoms with van der Waals surface area (Å²) in [4.78, 5) is 26.0.